The molecular weight excluding hydrogens is 411 g/mol. The van der Waals surface area contributed by atoms with Gasteiger partial charge >= 0.3 is 0 Å². The number of halogens is 1. The monoisotopic (exact) mass is 430 g/mol. The van der Waals surface area contributed by atoms with Crippen LogP contribution in [0.5, 0.6) is 11.6 Å². The van der Waals surface area contributed by atoms with Gasteiger partial charge in [-0.25, -0.2) is 18.9 Å². The predicted octanol–water partition coefficient (Wildman–Crippen LogP) is 4.33. The molecule has 1 aliphatic rings. The molecule has 5 rings (SSSR count). The van der Waals surface area contributed by atoms with Gasteiger partial charge in [-0.1, -0.05) is 12.1 Å². The second-order valence-corrected chi connectivity index (χ2v) is 7.51. The Hall–Kier alpha value is -4.07. The predicted molar refractivity (Wildman–Crippen MR) is 115 cm³/mol. The highest BCUT2D eigenvalue weighted by Gasteiger charge is 2.36. The zero-order valence-electron chi connectivity index (χ0n) is 17.7. The van der Waals surface area contributed by atoms with E-state index in [2.05, 4.69) is 10.1 Å². The maximum Gasteiger partial charge on any atom is 0.228 e. The number of methoxy groups -OCH3 is 1. The molecule has 0 fully saturated rings. The van der Waals surface area contributed by atoms with E-state index in [9.17, 15) is 9.18 Å². The van der Waals surface area contributed by atoms with E-state index >= 15 is 0 Å². The minimum absolute atomic E-state index is 0.103. The van der Waals surface area contributed by atoms with E-state index in [1.54, 1.807) is 30.7 Å². The lowest BCUT2D eigenvalue weighted by Crippen LogP contribution is -2.22. The summed E-state index contributed by atoms with van der Waals surface area (Å²) in [6.07, 6.45) is 1.52. The van der Waals surface area contributed by atoms with Crippen LogP contribution >= 0.6 is 0 Å². The first kappa shape index (κ1) is 19.9. The summed E-state index contributed by atoms with van der Waals surface area (Å²) in [5.41, 5.74) is 3.24. The quantitative estimate of drug-likeness (QED) is 0.480. The van der Waals surface area contributed by atoms with Gasteiger partial charge in [-0.3, -0.25) is 4.79 Å². The van der Waals surface area contributed by atoms with Crippen molar-refractivity contribution in [3.63, 3.8) is 0 Å². The Labute approximate surface area is 183 Å². The number of benzene rings is 2. The Morgan fingerprint density at radius 1 is 1.12 bits per heavy atom. The number of allylic oxidation sites excluding steroid dienone is 2. The molecule has 0 N–H and O–H groups in total. The molecule has 1 aliphatic heterocycles. The minimum atomic E-state index is -0.441. The number of hydrogen-bond acceptors (Lipinski definition) is 6. The van der Waals surface area contributed by atoms with Gasteiger partial charge < -0.3 is 9.47 Å². The zero-order valence-corrected chi connectivity index (χ0v) is 17.7. The summed E-state index contributed by atoms with van der Waals surface area (Å²) in [5.74, 6) is 1.13. The van der Waals surface area contributed by atoms with Crippen molar-refractivity contribution in [1.29, 1.82) is 0 Å². The van der Waals surface area contributed by atoms with Gasteiger partial charge in [0.15, 0.2) is 17.3 Å². The molecule has 0 bridgehead atoms. The van der Waals surface area contributed by atoms with Gasteiger partial charge in [0.2, 0.25) is 5.88 Å². The number of Topliss-reactive ketones (excluding diaryl/α,β-unsaturated/α-hetero) is 1. The summed E-state index contributed by atoms with van der Waals surface area (Å²) in [6.45, 7) is 3.28. The number of nitrogens with zero attached hydrogens (tertiary/aromatic N) is 4. The number of ether oxygens (including phenoxy) is 2. The largest absolute Gasteiger partial charge is 0.497 e. The number of carbonyl (C=O) groups is 1. The van der Waals surface area contributed by atoms with E-state index < -0.39 is 5.92 Å². The summed E-state index contributed by atoms with van der Waals surface area (Å²) < 4.78 is 26.1. The van der Waals surface area contributed by atoms with Crippen LogP contribution in [0.25, 0.3) is 17.0 Å². The number of fused-ring (bicyclic) bond motifs is 3. The second-order valence-electron chi connectivity index (χ2n) is 7.51. The zero-order chi connectivity index (χ0) is 22.4. The first-order valence-electron chi connectivity index (χ1n) is 10.0. The van der Waals surface area contributed by atoms with Crippen LogP contribution in [0, 0.1) is 5.82 Å². The molecule has 32 heavy (non-hydrogen) atoms. The molecule has 7 nitrogen and oxygen atoms in total. The number of rotatable bonds is 4. The molecular formula is C24H19FN4O3. The highest BCUT2D eigenvalue weighted by Crippen LogP contribution is 2.44. The third-order valence-corrected chi connectivity index (χ3v) is 5.52. The Bertz CT molecular complexity index is 1380. The van der Waals surface area contributed by atoms with Gasteiger partial charge in [-0.05, 0) is 55.8 Å². The van der Waals surface area contributed by atoms with Crippen LogP contribution in [0.1, 0.15) is 30.9 Å². The van der Waals surface area contributed by atoms with E-state index in [1.807, 2.05) is 24.3 Å². The van der Waals surface area contributed by atoms with Crippen molar-refractivity contribution in [2.75, 3.05) is 7.11 Å². The van der Waals surface area contributed by atoms with Crippen LogP contribution < -0.4 is 9.47 Å². The van der Waals surface area contributed by atoms with Gasteiger partial charge in [0, 0.05) is 17.1 Å². The second kappa shape index (κ2) is 7.56. The third-order valence-electron chi connectivity index (χ3n) is 5.52. The van der Waals surface area contributed by atoms with Crippen molar-refractivity contribution in [1.82, 2.24) is 19.6 Å². The number of aromatic nitrogens is 4. The first-order valence-corrected chi connectivity index (χ1v) is 10.0. The molecule has 4 aromatic rings. The Kier molecular flexibility index (Phi) is 4.70. The fourth-order valence-corrected chi connectivity index (χ4v) is 4.04. The lowest BCUT2D eigenvalue weighted by molar-refractivity contribution is -0.114. The van der Waals surface area contributed by atoms with Crippen LogP contribution in [0.2, 0.25) is 0 Å². The summed E-state index contributed by atoms with van der Waals surface area (Å²) in [5, 5.41) is 4.51. The lowest BCUT2D eigenvalue weighted by Gasteiger charge is -2.28. The topological polar surface area (TPSA) is 78.6 Å². The highest BCUT2D eigenvalue weighted by molar-refractivity contribution is 5.97. The average Bonchev–Trinajstić information content (AvgIpc) is 3.23. The van der Waals surface area contributed by atoms with E-state index in [4.69, 9.17) is 14.5 Å². The van der Waals surface area contributed by atoms with Crippen LogP contribution in [0.15, 0.2) is 66.2 Å². The van der Waals surface area contributed by atoms with Crippen molar-refractivity contribution in [2.45, 2.75) is 19.8 Å². The molecule has 2 aromatic heterocycles. The van der Waals surface area contributed by atoms with Crippen molar-refractivity contribution >= 4 is 11.4 Å². The molecule has 0 unspecified atom stereocenters. The van der Waals surface area contributed by atoms with Crippen LogP contribution in [0.4, 0.5) is 4.39 Å². The molecule has 0 radical (unpaired) electrons. The number of ketones is 1. The Morgan fingerprint density at radius 2 is 1.84 bits per heavy atom. The SMILES string of the molecule is COc1ccc([C@H]2C(C(C)=O)=C(C)Oc3ncn4nc(-c5ccc(F)cc5)nc4c32)cc1. The fourth-order valence-electron chi connectivity index (χ4n) is 4.04. The first-order chi connectivity index (χ1) is 15.5. The van der Waals surface area contributed by atoms with Crippen molar-refractivity contribution < 1.29 is 18.7 Å². The molecule has 0 saturated carbocycles. The van der Waals surface area contributed by atoms with Crippen molar-refractivity contribution in [2.24, 2.45) is 0 Å². The molecule has 3 heterocycles. The number of carbonyl (C=O) groups excluding carboxylic acids is 1. The van der Waals surface area contributed by atoms with Crippen LogP contribution in [-0.4, -0.2) is 32.5 Å². The standard InChI is InChI=1S/C24H19FN4O3/c1-13(30)19-14(2)32-24-21(20(19)15-6-10-18(31-3)11-7-15)23-27-22(28-29(23)12-26-24)16-4-8-17(25)9-5-16/h4-12,20H,1-3H3/t20-/m0/s1. The van der Waals surface area contributed by atoms with Crippen LogP contribution in [-0.2, 0) is 4.79 Å². The molecule has 1 atom stereocenters. The molecule has 0 spiro atoms. The maximum absolute atomic E-state index is 13.4. The van der Waals surface area contributed by atoms with E-state index in [-0.39, 0.29) is 11.6 Å². The Balaban J connectivity index is 1.74. The molecule has 160 valence electrons. The number of hydrogen-bond donors (Lipinski definition) is 0. The van der Waals surface area contributed by atoms with E-state index in [1.165, 1.54) is 25.4 Å². The maximum atomic E-state index is 13.4. The van der Waals surface area contributed by atoms with Crippen molar-refractivity contribution in [3.8, 4) is 23.0 Å². The third kappa shape index (κ3) is 3.20. The van der Waals surface area contributed by atoms with Gasteiger partial charge in [0.25, 0.3) is 0 Å². The van der Waals surface area contributed by atoms with E-state index in [0.29, 0.717) is 45.6 Å². The molecule has 8 heteroatoms. The molecule has 2 aromatic carbocycles. The van der Waals surface area contributed by atoms with Gasteiger partial charge in [-0.15, -0.1) is 5.10 Å². The summed E-state index contributed by atoms with van der Waals surface area (Å²) in [7, 11) is 1.60. The van der Waals surface area contributed by atoms with E-state index in [0.717, 1.165) is 5.56 Å². The normalized spacial score (nSPS) is 15.4. The van der Waals surface area contributed by atoms with Crippen molar-refractivity contribution in [3.05, 3.63) is 83.1 Å². The smallest absolute Gasteiger partial charge is 0.228 e. The summed E-state index contributed by atoms with van der Waals surface area (Å²) in [4.78, 5) is 21.8. The fraction of sp³-hybridized carbons (Fsp3) is 0.167. The highest BCUT2D eigenvalue weighted by atomic mass is 19.1. The molecule has 0 amide bonds. The Morgan fingerprint density at radius 3 is 2.50 bits per heavy atom. The summed E-state index contributed by atoms with van der Waals surface area (Å²) in [6, 6.07) is 13.5. The van der Waals surface area contributed by atoms with Gasteiger partial charge in [-0.2, -0.15) is 0 Å². The lowest BCUT2D eigenvalue weighted by atomic mass is 9.82. The van der Waals surface area contributed by atoms with Crippen LogP contribution in [0.3, 0.4) is 0 Å². The summed E-state index contributed by atoms with van der Waals surface area (Å²) >= 11 is 0. The molecule has 0 saturated heterocycles. The minimum Gasteiger partial charge on any atom is -0.497 e. The average molecular weight is 430 g/mol. The van der Waals surface area contributed by atoms with Gasteiger partial charge in [0.05, 0.1) is 12.7 Å². The molecule has 0 aliphatic carbocycles. The van der Waals surface area contributed by atoms with Gasteiger partial charge in [0.1, 0.15) is 23.7 Å².